The molecule has 1 aromatic rings. The van der Waals surface area contributed by atoms with Gasteiger partial charge in [0.05, 0.1) is 0 Å². The van der Waals surface area contributed by atoms with Gasteiger partial charge in [0.2, 0.25) is 0 Å². The summed E-state index contributed by atoms with van der Waals surface area (Å²) in [5.74, 6) is -0.315. The zero-order valence-electron chi connectivity index (χ0n) is 10.1. The molecule has 1 rings (SSSR count). The van der Waals surface area contributed by atoms with Crippen LogP contribution in [0.2, 0.25) is 0 Å². The molecule has 0 spiro atoms. The van der Waals surface area contributed by atoms with Gasteiger partial charge in [0, 0.05) is 24.1 Å². The van der Waals surface area contributed by atoms with E-state index in [-0.39, 0.29) is 0 Å². The van der Waals surface area contributed by atoms with Gasteiger partial charge in [-0.05, 0) is 32.5 Å². The molecule has 0 aliphatic heterocycles. The number of unbranched alkanes of at least 4 members (excludes halogenated alkanes) is 2. The van der Waals surface area contributed by atoms with Crippen LogP contribution >= 0.6 is 11.6 Å². The molecular formula is C13H18ClF2N. The first-order chi connectivity index (χ1) is 8.13. The van der Waals surface area contributed by atoms with Crippen molar-refractivity contribution in [2.24, 2.45) is 0 Å². The van der Waals surface area contributed by atoms with E-state index < -0.39 is 11.6 Å². The Morgan fingerprint density at radius 3 is 2.59 bits per heavy atom. The first-order valence-electron chi connectivity index (χ1n) is 5.82. The molecule has 0 bridgehead atoms. The van der Waals surface area contributed by atoms with Gasteiger partial charge in [-0.15, -0.1) is 11.6 Å². The smallest absolute Gasteiger partial charge is 0.130 e. The van der Waals surface area contributed by atoms with Crippen molar-refractivity contribution in [2.75, 3.05) is 19.5 Å². The number of benzene rings is 1. The SMILES string of the molecule is CN(CCCCCCl)Cc1ccc(F)cc1F. The molecule has 0 N–H and O–H groups in total. The van der Waals surface area contributed by atoms with E-state index in [1.807, 2.05) is 11.9 Å². The summed E-state index contributed by atoms with van der Waals surface area (Å²) in [5, 5.41) is 0. The van der Waals surface area contributed by atoms with Crippen molar-refractivity contribution in [3.63, 3.8) is 0 Å². The molecule has 1 nitrogen and oxygen atoms in total. The van der Waals surface area contributed by atoms with Crippen molar-refractivity contribution in [1.82, 2.24) is 4.90 Å². The molecule has 0 heterocycles. The van der Waals surface area contributed by atoms with E-state index in [1.165, 1.54) is 12.1 Å². The standard InChI is InChI=1S/C13H18ClF2N/c1-17(8-4-2-3-7-14)10-11-5-6-12(15)9-13(11)16/h5-6,9H,2-4,7-8,10H2,1H3. The Bertz CT molecular complexity index is 344. The van der Waals surface area contributed by atoms with Crippen LogP contribution in [0.4, 0.5) is 8.78 Å². The minimum absolute atomic E-state index is 0.474. The quantitative estimate of drug-likeness (QED) is 0.533. The Kier molecular flexibility index (Phi) is 6.45. The molecule has 0 aliphatic carbocycles. The van der Waals surface area contributed by atoms with Crippen LogP contribution in [-0.4, -0.2) is 24.4 Å². The fourth-order valence-electron chi connectivity index (χ4n) is 1.67. The molecular weight excluding hydrogens is 244 g/mol. The summed E-state index contributed by atoms with van der Waals surface area (Å²) in [6, 6.07) is 3.72. The highest BCUT2D eigenvalue weighted by Crippen LogP contribution is 2.12. The van der Waals surface area contributed by atoms with E-state index in [2.05, 4.69) is 0 Å². The number of hydrogen-bond donors (Lipinski definition) is 0. The van der Waals surface area contributed by atoms with E-state index in [1.54, 1.807) is 0 Å². The number of nitrogens with zero attached hydrogens (tertiary/aromatic N) is 1. The third-order valence-corrected chi connectivity index (χ3v) is 2.90. The van der Waals surface area contributed by atoms with E-state index in [0.717, 1.165) is 31.9 Å². The molecule has 0 amide bonds. The highest BCUT2D eigenvalue weighted by molar-refractivity contribution is 6.17. The van der Waals surface area contributed by atoms with Crippen molar-refractivity contribution in [2.45, 2.75) is 25.8 Å². The maximum atomic E-state index is 13.4. The Hall–Kier alpha value is -0.670. The predicted octanol–water partition coefficient (Wildman–Crippen LogP) is 3.81. The van der Waals surface area contributed by atoms with Gasteiger partial charge in [0.15, 0.2) is 0 Å². The van der Waals surface area contributed by atoms with E-state index >= 15 is 0 Å². The first-order valence-corrected chi connectivity index (χ1v) is 6.35. The van der Waals surface area contributed by atoms with Crippen LogP contribution in [0, 0.1) is 11.6 Å². The summed E-state index contributed by atoms with van der Waals surface area (Å²) in [6.07, 6.45) is 3.14. The van der Waals surface area contributed by atoms with Gasteiger partial charge in [-0.3, -0.25) is 0 Å². The van der Waals surface area contributed by atoms with Crippen LogP contribution in [0.3, 0.4) is 0 Å². The van der Waals surface area contributed by atoms with E-state index in [4.69, 9.17) is 11.6 Å². The molecule has 0 aromatic heterocycles. The van der Waals surface area contributed by atoms with Crippen LogP contribution in [-0.2, 0) is 6.54 Å². The molecule has 96 valence electrons. The van der Waals surface area contributed by atoms with Crippen LogP contribution in [0.15, 0.2) is 18.2 Å². The Balaban J connectivity index is 2.37. The summed E-state index contributed by atoms with van der Waals surface area (Å²) < 4.78 is 26.1. The summed E-state index contributed by atoms with van der Waals surface area (Å²) in [6.45, 7) is 1.40. The van der Waals surface area contributed by atoms with Crippen LogP contribution < -0.4 is 0 Å². The van der Waals surface area contributed by atoms with Gasteiger partial charge in [-0.25, -0.2) is 8.78 Å². The van der Waals surface area contributed by atoms with Crippen molar-refractivity contribution < 1.29 is 8.78 Å². The number of rotatable bonds is 7. The number of alkyl halides is 1. The second kappa shape index (κ2) is 7.62. The minimum Gasteiger partial charge on any atom is -0.302 e. The molecule has 0 saturated heterocycles. The normalized spacial score (nSPS) is 11.1. The maximum Gasteiger partial charge on any atom is 0.130 e. The number of halogens is 3. The molecule has 0 fully saturated rings. The van der Waals surface area contributed by atoms with Crippen molar-refractivity contribution >= 4 is 11.6 Å². The average molecular weight is 262 g/mol. The van der Waals surface area contributed by atoms with E-state index in [9.17, 15) is 8.78 Å². The Labute approximate surface area is 106 Å². The van der Waals surface area contributed by atoms with Gasteiger partial charge >= 0.3 is 0 Å². The Morgan fingerprint density at radius 1 is 1.18 bits per heavy atom. The maximum absolute atomic E-state index is 13.4. The fraction of sp³-hybridized carbons (Fsp3) is 0.538. The first kappa shape index (κ1) is 14.4. The monoisotopic (exact) mass is 261 g/mol. The second-order valence-corrected chi connectivity index (χ2v) is 4.60. The fourth-order valence-corrected chi connectivity index (χ4v) is 1.86. The summed E-state index contributed by atoms with van der Waals surface area (Å²) >= 11 is 5.58. The third kappa shape index (κ3) is 5.46. The summed E-state index contributed by atoms with van der Waals surface area (Å²) in [4.78, 5) is 2.03. The number of hydrogen-bond acceptors (Lipinski definition) is 1. The van der Waals surface area contributed by atoms with Gasteiger partial charge in [-0.1, -0.05) is 12.5 Å². The lowest BCUT2D eigenvalue weighted by molar-refractivity contribution is 0.313. The van der Waals surface area contributed by atoms with Gasteiger partial charge < -0.3 is 4.90 Å². The topological polar surface area (TPSA) is 3.24 Å². The predicted molar refractivity (Wildman–Crippen MR) is 67.3 cm³/mol. The van der Waals surface area contributed by atoms with Crippen LogP contribution in [0.1, 0.15) is 24.8 Å². The molecule has 0 radical (unpaired) electrons. The molecule has 0 atom stereocenters. The molecule has 1 aromatic carbocycles. The summed E-state index contributed by atoms with van der Waals surface area (Å²) in [7, 11) is 1.93. The second-order valence-electron chi connectivity index (χ2n) is 4.22. The van der Waals surface area contributed by atoms with Gasteiger partial charge in [-0.2, -0.15) is 0 Å². The molecule has 0 saturated carbocycles. The minimum atomic E-state index is -0.531. The lowest BCUT2D eigenvalue weighted by atomic mass is 10.2. The largest absolute Gasteiger partial charge is 0.302 e. The van der Waals surface area contributed by atoms with Crippen LogP contribution in [0.25, 0.3) is 0 Å². The molecule has 0 unspecified atom stereocenters. The van der Waals surface area contributed by atoms with Crippen molar-refractivity contribution in [3.8, 4) is 0 Å². The highest BCUT2D eigenvalue weighted by atomic mass is 35.5. The zero-order valence-corrected chi connectivity index (χ0v) is 10.8. The molecule has 0 aliphatic rings. The molecule has 17 heavy (non-hydrogen) atoms. The van der Waals surface area contributed by atoms with Crippen molar-refractivity contribution in [3.05, 3.63) is 35.4 Å². The molecule has 4 heteroatoms. The van der Waals surface area contributed by atoms with Crippen molar-refractivity contribution in [1.29, 1.82) is 0 Å². The lowest BCUT2D eigenvalue weighted by Crippen LogP contribution is -2.19. The summed E-state index contributed by atoms with van der Waals surface area (Å²) in [5.41, 5.74) is 0.534. The van der Waals surface area contributed by atoms with Gasteiger partial charge in [0.1, 0.15) is 11.6 Å². The zero-order chi connectivity index (χ0) is 12.7. The average Bonchev–Trinajstić information content (AvgIpc) is 2.28. The van der Waals surface area contributed by atoms with Crippen LogP contribution in [0.5, 0.6) is 0 Å². The lowest BCUT2D eigenvalue weighted by Gasteiger charge is -2.16. The highest BCUT2D eigenvalue weighted by Gasteiger charge is 2.06. The van der Waals surface area contributed by atoms with Gasteiger partial charge in [0.25, 0.3) is 0 Å². The third-order valence-electron chi connectivity index (χ3n) is 2.63. The Morgan fingerprint density at radius 2 is 1.94 bits per heavy atom. The van der Waals surface area contributed by atoms with E-state index in [0.29, 0.717) is 18.0 Å².